The Hall–Kier alpha value is -3.55. The zero-order valence-corrected chi connectivity index (χ0v) is 18.9. The summed E-state index contributed by atoms with van der Waals surface area (Å²) < 4.78 is 26.9. The molecule has 1 aromatic heterocycles. The number of halogens is 2. The van der Waals surface area contributed by atoms with Crippen molar-refractivity contribution in [2.24, 2.45) is 11.5 Å². The second-order valence-electron chi connectivity index (χ2n) is 8.67. The molecule has 6 N–H and O–H groups in total. The van der Waals surface area contributed by atoms with E-state index in [0.717, 1.165) is 28.5 Å². The van der Waals surface area contributed by atoms with Crippen LogP contribution in [-0.2, 0) is 0 Å². The van der Waals surface area contributed by atoms with Gasteiger partial charge in [-0.1, -0.05) is 36.4 Å². The molecule has 7 heteroatoms. The molecule has 34 heavy (non-hydrogen) atoms. The first-order chi connectivity index (χ1) is 16.3. The number of H-pyrrole nitrogens is 1. The number of nitrogens with one attached hydrogen (secondary N) is 2. The van der Waals surface area contributed by atoms with Gasteiger partial charge in [0.1, 0.15) is 17.3 Å². The number of benzene rings is 3. The van der Waals surface area contributed by atoms with Gasteiger partial charge < -0.3 is 21.8 Å². The average molecular weight is 463 g/mol. The summed E-state index contributed by atoms with van der Waals surface area (Å²) in [6, 6.07) is 17.9. The van der Waals surface area contributed by atoms with Gasteiger partial charge in [0.15, 0.2) is 0 Å². The van der Waals surface area contributed by atoms with Crippen LogP contribution in [0.25, 0.3) is 33.2 Å². The molecule has 0 spiro atoms. The van der Waals surface area contributed by atoms with Crippen LogP contribution in [0.4, 0.5) is 8.78 Å². The largest absolute Gasteiger partial charge is 0.350 e. The first-order valence-electron chi connectivity index (χ1n) is 11.3. The summed E-state index contributed by atoms with van der Waals surface area (Å²) >= 11 is 0. The Balaban J connectivity index is 1.70. The molecule has 4 aromatic rings. The molecule has 0 saturated carbocycles. The molecule has 0 radical (unpaired) electrons. The van der Waals surface area contributed by atoms with Crippen LogP contribution < -0.4 is 16.8 Å². The minimum Gasteiger partial charge on any atom is -0.350 e. The van der Waals surface area contributed by atoms with Crippen molar-refractivity contribution in [1.82, 2.24) is 10.3 Å². The van der Waals surface area contributed by atoms with E-state index >= 15 is 0 Å². The third-order valence-corrected chi connectivity index (χ3v) is 5.85. The van der Waals surface area contributed by atoms with Crippen molar-refractivity contribution in [2.75, 3.05) is 6.54 Å². The smallest absolute Gasteiger partial charge is 0.268 e. The van der Waals surface area contributed by atoms with Crippen LogP contribution in [0.1, 0.15) is 30.3 Å². The summed E-state index contributed by atoms with van der Waals surface area (Å²) in [4.78, 5) is 16.4. The molecule has 0 aliphatic heterocycles. The normalized spacial score (nSPS) is 13.1. The van der Waals surface area contributed by atoms with Gasteiger partial charge in [0.05, 0.1) is 0 Å². The molecule has 176 valence electrons. The van der Waals surface area contributed by atoms with E-state index in [-0.39, 0.29) is 29.6 Å². The van der Waals surface area contributed by atoms with Crippen molar-refractivity contribution in [3.05, 3.63) is 84.1 Å². The van der Waals surface area contributed by atoms with Crippen molar-refractivity contribution < 1.29 is 13.6 Å². The van der Waals surface area contributed by atoms with Crippen LogP contribution in [0.5, 0.6) is 0 Å². The lowest BCUT2D eigenvalue weighted by molar-refractivity contribution is 0.0947. The predicted molar refractivity (Wildman–Crippen MR) is 132 cm³/mol. The highest BCUT2D eigenvalue weighted by Gasteiger charge is 2.20. The number of nitrogens with two attached hydrogens (primary N) is 2. The van der Waals surface area contributed by atoms with E-state index in [1.54, 1.807) is 24.3 Å². The number of carbonyl (C=O) groups excluding carboxylic acids is 1. The topological polar surface area (TPSA) is 96.9 Å². The van der Waals surface area contributed by atoms with Crippen LogP contribution in [0.2, 0.25) is 0 Å². The maximum absolute atomic E-state index is 13.6. The highest BCUT2D eigenvalue weighted by atomic mass is 19.1. The predicted octanol–water partition coefficient (Wildman–Crippen LogP) is 4.96. The summed E-state index contributed by atoms with van der Waals surface area (Å²) in [5, 5.41) is 3.73. The number of aromatic nitrogens is 1. The molecule has 1 amide bonds. The second kappa shape index (κ2) is 10.2. The first-order valence-corrected chi connectivity index (χ1v) is 11.3. The van der Waals surface area contributed by atoms with E-state index in [0.29, 0.717) is 29.8 Å². The monoisotopic (exact) mass is 462 g/mol. The molecule has 0 saturated heterocycles. The highest BCUT2D eigenvalue weighted by Crippen LogP contribution is 2.35. The van der Waals surface area contributed by atoms with Gasteiger partial charge in [0.2, 0.25) is 0 Å². The Morgan fingerprint density at radius 1 is 0.882 bits per heavy atom. The van der Waals surface area contributed by atoms with Crippen molar-refractivity contribution in [3.63, 3.8) is 0 Å². The number of hydrogen-bond acceptors (Lipinski definition) is 3. The highest BCUT2D eigenvalue weighted by molar-refractivity contribution is 6.10. The van der Waals surface area contributed by atoms with Gasteiger partial charge in [0, 0.05) is 35.1 Å². The Kier molecular flexibility index (Phi) is 7.05. The van der Waals surface area contributed by atoms with E-state index in [4.69, 9.17) is 11.5 Å². The molecule has 0 bridgehead atoms. The molecule has 0 aliphatic rings. The molecule has 5 nitrogen and oxygen atoms in total. The number of hydrogen-bond donors (Lipinski definition) is 4. The van der Waals surface area contributed by atoms with E-state index in [2.05, 4.69) is 10.3 Å². The zero-order valence-electron chi connectivity index (χ0n) is 18.9. The first kappa shape index (κ1) is 23.6. The minimum absolute atomic E-state index is 0.0517. The Morgan fingerprint density at radius 2 is 1.47 bits per heavy atom. The van der Waals surface area contributed by atoms with E-state index in [1.165, 1.54) is 24.3 Å². The Bertz CT molecular complexity index is 1280. The molecule has 3 aromatic carbocycles. The number of rotatable bonds is 8. The summed E-state index contributed by atoms with van der Waals surface area (Å²) in [5.41, 5.74) is 16.2. The summed E-state index contributed by atoms with van der Waals surface area (Å²) in [5.74, 6) is -0.954. The van der Waals surface area contributed by atoms with Crippen LogP contribution in [0, 0.1) is 11.6 Å². The molecule has 1 heterocycles. The third-order valence-electron chi connectivity index (χ3n) is 5.85. The van der Waals surface area contributed by atoms with Crippen molar-refractivity contribution >= 4 is 16.8 Å². The molecule has 0 aliphatic carbocycles. The van der Waals surface area contributed by atoms with Crippen LogP contribution >= 0.6 is 0 Å². The molecule has 4 rings (SSSR count). The molecule has 0 fully saturated rings. The quantitative estimate of drug-likeness (QED) is 0.298. The fraction of sp³-hybridized carbons (Fsp3) is 0.222. The van der Waals surface area contributed by atoms with Gasteiger partial charge in [-0.15, -0.1) is 0 Å². The zero-order chi connectivity index (χ0) is 24.2. The van der Waals surface area contributed by atoms with Gasteiger partial charge >= 0.3 is 0 Å². The van der Waals surface area contributed by atoms with Crippen molar-refractivity contribution in [3.8, 4) is 22.3 Å². The third kappa shape index (κ3) is 5.32. The Labute approximate surface area is 197 Å². The number of aromatic amines is 1. The summed E-state index contributed by atoms with van der Waals surface area (Å²) in [7, 11) is 0. The lowest BCUT2D eigenvalue weighted by atomic mass is 9.99. The minimum atomic E-state index is -0.353. The lowest BCUT2D eigenvalue weighted by Crippen LogP contribution is -2.38. The van der Waals surface area contributed by atoms with Crippen molar-refractivity contribution in [2.45, 2.75) is 31.8 Å². The van der Waals surface area contributed by atoms with Crippen molar-refractivity contribution in [1.29, 1.82) is 0 Å². The number of carbonyl (C=O) groups is 1. The lowest BCUT2D eigenvalue weighted by Gasteiger charge is -2.14. The maximum Gasteiger partial charge on any atom is 0.268 e. The van der Waals surface area contributed by atoms with E-state index in [1.807, 2.05) is 25.1 Å². The van der Waals surface area contributed by atoms with Crippen LogP contribution in [0.3, 0.4) is 0 Å². The maximum atomic E-state index is 13.6. The number of fused-ring (bicyclic) bond motifs is 1. The van der Waals surface area contributed by atoms with Gasteiger partial charge in [-0.2, -0.15) is 0 Å². The van der Waals surface area contributed by atoms with E-state index in [9.17, 15) is 13.6 Å². The molecule has 2 unspecified atom stereocenters. The van der Waals surface area contributed by atoms with Gasteiger partial charge in [-0.3, -0.25) is 4.79 Å². The fourth-order valence-corrected chi connectivity index (χ4v) is 4.00. The summed E-state index contributed by atoms with van der Waals surface area (Å²) in [6.07, 6.45) is 1.48. The van der Waals surface area contributed by atoms with Gasteiger partial charge in [-0.05, 0) is 66.8 Å². The van der Waals surface area contributed by atoms with Gasteiger partial charge in [-0.25, -0.2) is 8.78 Å². The SMILES string of the molecule is CC(N)CCC(N)CNC(=O)c1[nH]c2cc(-c3ccc(F)cc3)ccc2c1-c1ccc(F)cc1. The van der Waals surface area contributed by atoms with E-state index < -0.39 is 0 Å². The summed E-state index contributed by atoms with van der Waals surface area (Å²) in [6.45, 7) is 2.23. The van der Waals surface area contributed by atoms with Crippen LogP contribution in [0.15, 0.2) is 66.7 Å². The second-order valence-corrected chi connectivity index (χ2v) is 8.67. The number of amides is 1. The molecular formula is C27H28F2N4O. The Morgan fingerprint density at radius 3 is 2.09 bits per heavy atom. The standard InChI is InChI=1S/C27H28F2N4O/c1-16(30)2-12-22(31)15-32-27(34)26-25(18-5-10-21(29)11-6-18)23-13-7-19(14-24(23)33-26)17-3-8-20(28)9-4-17/h3-11,13-14,16,22,33H,2,12,15,30-31H2,1H3,(H,32,34). The molecular weight excluding hydrogens is 434 g/mol. The van der Waals surface area contributed by atoms with Crippen LogP contribution in [-0.4, -0.2) is 29.5 Å². The molecule has 2 atom stereocenters. The van der Waals surface area contributed by atoms with Gasteiger partial charge in [0.25, 0.3) is 5.91 Å². The average Bonchev–Trinajstić information content (AvgIpc) is 3.21. The fourth-order valence-electron chi connectivity index (χ4n) is 4.00.